The average molecular weight is 409 g/mol. The van der Waals surface area contributed by atoms with Crippen molar-refractivity contribution in [3.8, 4) is 5.75 Å². The van der Waals surface area contributed by atoms with Gasteiger partial charge in [-0.2, -0.15) is 0 Å². The Bertz CT molecular complexity index is 877. The Morgan fingerprint density at radius 1 is 1.23 bits per heavy atom. The van der Waals surface area contributed by atoms with Crippen LogP contribution in [0.5, 0.6) is 5.75 Å². The number of ether oxygens (including phenoxy) is 2. The van der Waals surface area contributed by atoms with Gasteiger partial charge in [-0.15, -0.1) is 0 Å². The van der Waals surface area contributed by atoms with E-state index in [-0.39, 0.29) is 29.9 Å². The van der Waals surface area contributed by atoms with Gasteiger partial charge in [0.1, 0.15) is 11.9 Å². The molecule has 1 aromatic carbocycles. The van der Waals surface area contributed by atoms with Crippen LogP contribution in [0.3, 0.4) is 0 Å². The summed E-state index contributed by atoms with van der Waals surface area (Å²) in [5.41, 5.74) is 0.313. The van der Waals surface area contributed by atoms with Crippen molar-refractivity contribution in [2.24, 2.45) is 5.92 Å². The second-order valence-corrected chi connectivity index (χ2v) is 8.03. The summed E-state index contributed by atoms with van der Waals surface area (Å²) in [6.45, 7) is 3.34. The zero-order valence-corrected chi connectivity index (χ0v) is 17.1. The minimum Gasteiger partial charge on any atom is -0.484 e. The van der Waals surface area contributed by atoms with Gasteiger partial charge in [0.2, 0.25) is 0 Å². The summed E-state index contributed by atoms with van der Waals surface area (Å²) in [6, 6.07) is 12.9. The molecule has 7 nitrogen and oxygen atoms in total. The van der Waals surface area contributed by atoms with Crippen molar-refractivity contribution >= 4 is 17.5 Å². The number of hydrogen-bond acceptors (Lipinski definition) is 5. The number of piperidine rings is 1. The standard InChI is InChI=1S/C23H27N3O4/c1-17-15-26(21(27)16-29-19-7-3-2-4-8-19)13-11-23(17)10-9-20(30-23)22(28)25-18-6-5-12-24-14-18/h2-8,12,14,17,20H,9-11,13,15-16H2,1H3,(H,25,28)/t17-,20-,23-/m1/s1. The lowest BCUT2D eigenvalue weighted by Crippen LogP contribution is -2.53. The van der Waals surface area contributed by atoms with Gasteiger partial charge >= 0.3 is 0 Å². The second kappa shape index (κ2) is 8.83. The third-order valence-electron chi connectivity index (χ3n) is 6.08. The van der Waals surface area contributed by atoms with Crippen molar-refractivity contribution in [3.05, 3.63) is 54.9 Å². The normalized spacial score (nSPS) is 25.8. The maximum Gasteiger partial charge on any atom is 0.260 e. The maximum atomic E-state index is 12.6. The molecule has 2 aromatic rings. The van der Waals surface area contributed by atoms with E-state index in [0.717, 1.165) is 12.8 Å². The van der Waals surface area contributed by atoms with Crippen LogP contribution in [-0.4, -0.2) is 53.1 Å². The molecule has 1 N–H and O–H groups in total. The quantitative estimate of drug-likeness (QED) is 0.821. The molecule has 0 bridgehead atoms. The van der Waals surface area contributed by atoms with Gasteiger partial charge in [-0.25, -0.2) is 0 Å². The van der Waals surface area contributed by atoms with Crippen molar-refractivity contribution in [2.45, 2.75) is 37.9 Å². The van der Waals surface area contributed by atoms with E-state index in [9.17, 15) is 9.59 Å². The number of likely N-dealkylation sites (tertiary alicyclic amines) is 1. The minimum atomic E-state index is -0.476. The molecule has 0 saturated carbocycles. The van der Waals surface area contributed by atoms with E-state index in [2.05, 4.69) is 17.2 Å². The summed E-state index contributed by atoms with van der Waals surface area (Å²) in [4.78, 5) is 31.0. The highest BCUT2D eigenvalue weighted by molar-refractivity contribution is 5.94. The summed E-state index contributed by atoms with van der Waals surface area (Å²) in [7, 11) is 0. The number of pyridine rings is 1. The predicted molar refractivity (Wildman–Crippen MR) is 112 cm³/mol. The van der Waals surface area contributed by atoms with Crippen LogP contribution in [0.15, 0.2) is 54.9 Å². The fraction of sp³-hybridized carbons (Fsp3) is 0.435. The van der Waals surface area contributed by atoms with E-state index in [1.807, 2.05) is 35.2 Å². The predicted octanol–water partition coefficient (Wildman–Crippen LogP) is 2.89. The largest absolute Gasteiger partial charge is 0.484 e. The van der Waals surface area contributed by atoms with Gasteiger partial charge in [-0.3, -0.25) is 14.6 Å². The lowest BCUT2D eigenvalue weighted by molar-refractivity contribution is -0.152. The van der Waals surface area contributed by atoms with Crippen molar-refractivity contribution < 1.29 is 19.1 Å². The Morgan fingerprint density at radius 2 is 2.07 bits per heavy atom. The first-order valence-corrected chi connectivity index (χ1v) is 10.4. The Morgan fingerprint density at radius 3 is 2.80 bits per heavy atom. The van der Waals surface area contributed by atoms with Gasteiger partial charge in [0.15, 0.2) is 6.61 Å². The average Bonchev–Trinajstić information content (AvgIpc) is 3.21. The van der Waals surface area contributed by atoms with Gasteiger partial charge in [0.05, 0.1) is 17.5 Å². The summed E-state index contributed by atoms with van der Waals surface area (Å²) in [5, 5.41) is 2.87. The van der Waals surface area contributed by atoms with Crippen LogP contribution in [0.4, 0.5) is 5.69 Å². The number of benzene rings is 1. The number of anilines is 1. The molecule has 2 aliphatic rings. The molecule has 2 amide bonds. The summed E-state index contributed by atoms with van der Waals surface area (Å²) in [5.74, 6) is 0.670. The minimum absolute atomic E-state index is 0.0237. The number of carbonyl (C=O) groups excluding carboxylic acids is 2. The number of carbonyl (C=O) groups is 2. The van der Waals surface area contributed by atoms with Crippen molar-refractivity contribution in [2.75, 3.05) is 25.0 Å². The van der Waals surface area contributed by atoms with Crippen molar-refractivity contribution in [1.29, 1.82) is 0 Å². The van der Waals surface area contributed by atoms with E-state index in [1.165, 1.54) is 0 Å². The van der Waals surface area contributed by atoms with Crippen LogP contribution >= 0.6 is 0 Å². The molecular weight excluding hydrogens is 382 g/mol. The number of nitrogens with one attached hydrogen (secondary N) is 1. The first-order chi connectivity index (χ1) is 14.6. The smallest absolute Gasteiger partial charge is 0.260 e. The highest BCUT2D eigenvalue weighted by Crippen LogP contribution is 2.42. The number of hydrogen-bond donors (Lipinski definition) is 1. The molecular formula is C23H27N3O4. The molecule has 7 heteroatoms. The highest BCUT2D eigenvalue weighted by Gasteiger charge is 2.49. The van der Waals surface area contributed by atoms with Gasteiger partial charge in [-0.1, -0.05) is 25.1 Å². The number of aromatic nitrogens is 1. The summed E-state index contributed by atoms with van der Waals surface area (Å²) in [6.07, 6.45) is 5.03. The number of rotatable bonds is 5. The molecule has 2 aliphatic heterocycles. The summed E-state index contributed by atoms with van der Waals surface area (Å²) >= 11 is 0. The third-order valence-corrected chi connectivity index (χ3v) is 6.08. The van der Waals surface area contributed by atoms with Crippen LogP contribution in [0, 0.1) is 5.92 Å². The first-order valence-electron chi connectivity index (χ1n) is 10.4. The monoisotopic (exact) mass is 409 g/mol. The lowest BCUT2D eigenvalue weighted by atomic mass is 9.80. The van der Waals surface area contributed by atoms with Crippen molar-refractivity contribution in [3.63, 3.8) is 0 Å². The molecule has 158 valence electrons. The molecule has 4 rings (SSSR count). The second-order valence-electron chi connectivity index (χ2n) is 8.03. The highest BCUT2D eigenvalue weighted by atomic mass is 16.5. The molecule has 30 heavy (non-hydrogen) atoms. The van der Waals surface area contributed by atoms with E-state index >= 15 is 0 Å². The van der Waals surface area contributed by atoms with Crippen LogP contribution < -0.4 is 10.1 Å². The molecule has 2 fully saturated rings. The topological polar surface area (TPSA) is 80.8 Å². The third kappa shape index (κ3) is 4.46. The SMILES string of the molecule is C[C@@H]1CN(C(=O)COc2ccccc2)CC[C@]12CC[C@H](C(=O)Nc1cccnc1)O2. The first kappa shape index (κ1) is 20.3. The van der Waals surface area contributed by atoms with Crippen LogP contribution in [0.25, 0.3) is 0 Å². The fourth-order valence-electron chi connectivity index (χ4n) is 4.31. The van der Waals surface area contributed by atoms with Gasteiger partial charge in [0.25, 0.3) is 11.8 Å². The molecule has 2 saturated heterocycles. The Balaban J connectivity index is 1.29. The summed E-state index contributed by atoms with van der Waals surface area (Å²) < 4.78 is 11.9. The molecule has 0 radical (unpaired) electrons. The molecule has 3 heterocycles. The van der Waals surface area contributed by atoms with Crippen molar-refractivity contribution in [1.82, 2.24) is 9.88 Å². The van der Waals surface area contributed by atoms with Crippen LogP contribution in [0.1, 0.15) is 26.2 Å². The Kier molecular flexibility index (Phi) is 5.99. The molecule has 1 aromatic heterocycles. The Hall–Kier alpha value is -2.93. The van der Waals surface area contributed by atoms with Gasteiger partial charge < -0.3 is 19.7 Å². The Labute approximate surface area is 176 Å². The van der Waals surface area contributed by atoms with E-state index < -0.39 is 6.10 Å². The van der Waals surface area contributed by atoms with E-state index in [4.69, 9.17) is 9.47 Å². The zero-order chi connectivity index (χ0) is 21.0. The number of amides is 2. The number of para-hydroxylation sites is 1. The van der Waals surface area contributed by atoms with Crippen LogP contribution in [0.2, 0.25) is 0 Å². The molecule has 1 spiro atoms. The lowest BCUT2D eigenvalue weighted by Gasteiger charge is -2.44. The zero-order valence-electron chi connectivity index (χ0n) is 17.1. The molecule has 0 aliphatic carbocycles. The molecule has 0 unspecified atom stereocenters. The molecule has 3 atom stereocenters. The van der Waals surface area contributed by atoms with Gasteiger partial charge in [0, 0.05) is 25.2 Å². The maximum absolute atomic E-state index is 12.6. The van der Waals surface area contributed by atoms with Gasteiger partial charge in [-0.05, 0) is 43.5 Å². The number of nitrogens with zero attached hydrogens (tertiary/aromatic N) is 2. The van der Waals surface area contributed by atoms with E-state index in [1.54, 1.807) is 24.5 Å². The van der Waals surface area contributed by atoms with Crippen LogP contribution in [-0.2, 0) is 14.3 Å². The fourth-order valence-corrected chi connectivity index (χ4v) is 4.31. The van der Waals surface area contributed by atoms with E-state index in [0.29, 0.717) is 30.9 Å².